The van der Waals surface area contributed by atoms with Crippen LogP contribution in [0, 0.1) is 0 Å². The SMILES string of the molecule is CCS(=O)(=O)c1nnc([C@H](Cc2ccccc2)NC(=O)/C=C/c2cc(Cl)ccc2-n2cnnn2)cc1-c1ccc(CC(=O)OC)cc1. The van der Waals surface area contributed by atoms with Gasteiger partial charge in [-0.15, -0.1) is 10.2 Å². The number of methoxy groups -OCH3 is 1. The topological polar surface area (TPSA) is 159 Å². The van der Waals surface area contributed by atoms with Gasteiger partial charge in [-0.3, -0.25) is 9.59 Å². The average molecular weight is 672 g/mol. The minimum atomic E-state index is -3.77. The zero-order valence-corrected chi connectivity index (χ0v) is 27.0. The number of amides is 1. The van der Waals surface area contributed by atoms with Gasteiger partial charge in [0.1, 0.15) is 6.33 Å². The van der Waals surface area contributed by atoms with Gasteiger partial charge < -0.3 is 10.1 Å². The molecule has 0 saturated carbocycles. The molecule has 0 fully saturated rings. The van der Waals surface area contributed by atoms with Crippen LogP contribution in [0.4, 0.5) is 0 Å². The predicted octanol–water partition coefficient (Wildman–Crippen LogP) is 4.40. The zero-order valence-electron chi connectivity index (χ0n) is 25.4. The van der Waals surface area contributed by atoms with Crippen LogP contribution in [0.1, 0.15) is 35.3 Å². The summed E-state index contributed by atoms with van der Waals surface area (Å²) in [6.07, 6.45) is 4.81. The molecule has 0 aliphatic carbocycles. The first-order chi connectivity index (χ1) is 22.7. The van der Waals surface area contributed by atoms with Gasteiger partial charge in [-0.1, -0.05) is 73.1 Å². The molecule has 0 unspecified atom stereocenters. The number of hydrogen-bond acceptors (Lipinski definition) is 10. The molecular weight excluding hydrogens is 642 g/mol. The van der Waals surface area contributed by atoms with E-state index in [2.05, 4.69) is 31.0 Å². The normalized spacial score (nSPS) is 12.1. The van der Waals surface area contributed by atoms with Crippen LogP contribution in [0.25, 0.3) is 22.9 Å². The summed E-state index contributed by atoms with van der Waals surface area (Å²) in [5.74, 6) is -1.01. The molecule has 12 nitrogen and oxygen atoms in total. The van der Waals surface area contributed by atoms with Crippen molar-refractivity contribution in [2.45, 2.75) is 30.8 Å². The van der Waals surface area contributed by atoms with Gasteiger partial charge in [0.2, 0.25) is 5.91 Å². The van der Waals surface area contributed by atoms with Crippen LogP contribution in [-0.4, -0.2) is 63.6 Å². The van der Waals surface area contributed by atoms with Gasteiger partial charge in [-0.05, 0) is 63.9 Å². The van der Waals surface area contributed by atoms with E-state index in [4.69, 9.17) is 16.3 Å². The molecule has 0 aliphatic heterocycles. The Morgan fingerprint density at radius 2 is 1.77 bits per heavy atom. The van der Waals surface area contributed by atoms with Gasteiger partial charge >= 0.3 is 5.97 Å². The van der Waals surface area contributed by atoms with E-state index in [1.54, 1.807) is 54.6 Å². The third-order valence-corrected chi connectivity index (χ3v) is 9.14. The number of hydrogen-bond donors (Lipinski definition) is 1. The van der Waals surface area contributed by atoms with Gasteiger partial charge in [-0.2, -0.15) is 9.78 Å². The number of carbonyl (C=O) groups excluding carboxylic acids is 2. The highest BCUT2D eigenvalue weighted by Crippen LogP contribution is 2.30. The lowest BCUT2D eigenvalue weighted by atomic mass is 9.99. The fourth-order valence-corrected chi connectivity index (χ4v) is 5.91. The Hall–Kier alpha value is -5.27. The lowest BCUT2D eigenvalue weighted by Gasteiger charge is -2.19. The molecule has 0 saturated heterocycles. The minimum absolute atomic E-state index is 0.0713. The molecular formula is C33H30ClN7O5S. The lowest BCUT2D eigenvalue weighted by Crippen LogP contribution is -2.29. The van der Waals surface area contributed by atoms with Crippen molar-refractivity contribution in [3.63, 3.8) is 0 Å². The molecule has 1 N–H and O–H groups in total. The second-order valence-electron chi connectivity index (χ2n) is 10.4. The largest absolute Gasteiger partial charge is 0.469 e. The van der Waals surface area contributed by atoms with Crippen LogP contribution in [0.5, 0.6) is 0 Å². The van der Waals surface area contributed by atoms with E-state index in [1.807, 2.05) is 30.3 Å². The van der Waals surface area contributed by atoms with Crippen LogP contribution in [0.15, 0.2) is 96.3 Å². The number of carbonyl (C=O) groups is 2. The number of halogens is 1. The van der Waals surface area contributed by atoms with Crippen LogP contribution in [-0.2, 0) is 37.0 Å². The molecule has 2 aromatic heterocycles. The van der Waals surface area contributed by atoms with E-state index < -0.39 is 27.8 Å². The number of nitrogens with one attached hydrogen (secondary N) is 1. The van der Waals surface area contributed by atoms with Crippen molar-refractivity contribution in [1.82, 2.24) is 35.7 Å². The molecule has 3 aromatic carbocycles. The second-order valence-corrected chi connectivity index (χ2v) is 13.0. The summed E-state index contributed by atoms with van der Waals surface area (Å²) in [4.78, 5) is 25.1. The Balaban J connectivity index is 1.51. The third-order valence-electron chi connectivity index (χ3n) is 7.25. The number of ether oxygens (including phenoxy) is 1. The Morgan fingerprint density at radius 3 is 2.45 bits per heavy atom. The quantitative estimate of drug-likeness (QED) is 0.149. The number of tetrazole rings is 1. The predicted molar refractivity (Wildman–Crippen MR) is 175 cm³/mol. The molecule has 0 spiro atoms. The molecule has 5 rings (SSSR count). The Bertz CT molecular complexity index is 2000. The molecule has 0 bridgehead atoms. The summed E-state index contributed by atoms with van der Waals surface area (Å²) in [5, 5.41) is 23.0. The molecule has 240 valence electrons. The number of aromatic nitrogens is 6. The van der Waals surface area contributed by atoms with Gasteiger partial charge in [-0.25, -0.2) is 8.42 Å². The maximum Gasteiger partial charge on any atom is 0.309 e. The van der Waals surface area contributed by atoms with E-state index >= 15 is 0 Å². The van der Waals surface area contributed by atoms with Crippen LogP contribution >= 0.6 is 11.6 Å². The number of benzene rings is 3. The van der Waals surface area contributed by atoms with Crippen molar-refractivity contribution >= 4 is 39.4 Å². The highest BCUT2D eigenvalue weighted by atomic mass is 35.5. The molecule has 5 aromatic rings. The van der Waals surface area contributed by atoms with E-state index in [0.29, 0.717) is 45.1 Å². The highest BCUT2D eigenvalue weighted by molar-refractivity contribution is 7.91. The van der Waals surface area contributed by atoms with Crippen molar-refractivity contribution in [2.75, 3.05) is 12.9 Å². The van der Waals surface area contributed by atoms with Crippen molar-refractivity contribution in [3.05, 3.63) is 119 Å². The first-order valence-corrected chi connectivity index (χ1v) is 16.5. The van der Waals surface area contributed by atoms with E-state index in [0.717, 1.165) is 5.56 Å². The molecule has 0 radical (unpaired) electrons. The van der Waals surface area contributed by atoms with Gasteiger partial charge in [0.15, 0.2) is 14.9 Å². The van der Waals surface area contributed by atoms with Crippen LogP contribution in [0.2, 0.25) is 5.02 Å². The van der Waals surface area contributed by atoms with Crippen molar-refractivity contribution < 1.29 is 22.7 Å². The maximum absolute atomic E-state index is 13.4. The van der Waals surface area contributed by atoms with Crippen molar-refractivity contribution in [3.8, 4) is 16.8 Å². The summed E-state index contributed by atoms with van der Waals surface area (Å²) >= 11 is 6.23. The van der Waals surface area contributed by atoms with Gasteiger partial charge in [0.25, 0.3) is 0 Å². The van der Waals surface area contributed by atoms with Crippen LogP contribution in [0.3, 0.4) is 0 Å². The standard InChI is InChI=1S/C33H30ClN7O5S/c1-3-47(44,45)33-27(24-11-9-23(10-12-24)18-32(43)46-2)20-29(37-38-33)28(17-22-7-5-4-6-8-22)36-31(42)16-13-25-19-26(34)14-15-30(25)41-21-35-39-40-41/h4-16,19-21,28H,3,17-18H2,1-2H3,(H,36,42)/b16-13+/t28-/m0/s1. The van der Waals surface area contributed by atoms with E-state index in [1.165, 1.54) is 31.1 Å². The first-order valence-electron chi connectivity index (χ1n) is 14.5. The number of rotatable bonds is 12. The van der Waals surface area contributed by atoms with Gasteiger partial charge in [0.05, 0.1) is 36.7 Å². The number of nitrogens with zero attached hydrogens (tertiary/aromatic N) is 6. The summed E-state index contributed by atoms with van der Waals surface area (Å²) < 4.78 is 32.4. The minimum Gasteiger partial charge on any atom is -0.469 e. The fraction of sp³-hybridized carbons (Fsp3) is 0.182. The maximum atomic E-state index is 13.4. The number of esters is 1. The van der Waals surface area contributed by atoms with Crippen molar-refractivity contribution in [2.24, 2.45) is 0 Å². The highest BCUT2D eigenvalue weighted by Gasteiger charge is 2.25. The Labute approximate surface area is 276 Å². The lowest BCUT2D eigenvalue weighted by molar-refractivity contribution is -0.139. The van der Waals surface area contributed by atoms with E-state index in [-0.39, 0.29) is 17.2 Å². The summed E-state index contributed by atoms with van der Waals surface area (Å²) in [7, 11) is -2.46. The second kappa shape index (κ2) is 14.9. The third kappa shape index (κ3) is 8.31. The average Bonchev–Trinajstić information content (AvgIpc) is 3.62. The Morgan fingerprint density at radius 1 is 1.00 bits per heavy atom. The Kier molecular flexibility index (Phi) is 10.5. The molecule has 1 amide bonds. The van der Waals surface area contributed by atoms with Crippen molar-refractivity contribution in [1.29, 1.82) is 0 Å². The van der Waals surface area contributed by atoms with E-state index in [9.17, 15) is 18.0 Å². The molecule has 14 heteroatoms. The smallest absolute Gasteiger partial charge is 0.309 e. The number of sulfone groups is 1. The summed E-state index contributed by atoms with van der Waals surface area (Å²) in [6, 6.07) is 22.4. The van der Waals surface area contributed by atoms with Gasteiger partial charge in [0, 0.05) is 22.2 Å². The summed E-state index contributed by atoms with van der Waals surface area (Å²) in [5.41, 5.74) is 4.08. The zero-order chi connectivity index (χ0) is 33.4. The monoisotopic (exact) mass is 671 g/mol. The molecule has 47 heavy (non-hydrogen) atoms. The molecule has 1 atom stereocenters. The first kappa shape index (κ1) is 33.1. The van der Waals surface area contributed by atoms with Crippen LogP contribution < -0.4 is 5.32 Å². The molecule has 0 aliphatic rings. The molecule has 2 heterocycles. The summed E-state index contributed by atoms with van der Waals surface area (Å²) in [6.45, 7) is 1.53. The fourth-order valence-electron chi connectivity index (χ4n) is 4.78.